The van der Waals surface area contributed by atoms with E-state index in [1.807, 2.05) is 0 Å². The monoisotopic (exact) mass is 217 g/mol. The van der Waals surface area contributed by atoms with Crippen LogP contribution in [0.15, 0.2) is 11.1 Å². The van der Waals surface area contributed by atoms with Crippen LogP contribution in [0.25, 0.3) is 6.08 Å². The molecule has 1 N–H and O–H groups in total. The first kappa shape index (κ1) is 10.6. The predicted molar refractivity (Wildman–Crippen MR) is 57.2 cm³/mol. The van der Waals surface area contributed by atoms with Gasteiger partial charge in [-0.15, -0.1) is 33.9 Å². The van der Waals surface area contributed by atoms with Gasteiger partial charge in [-0.25, -0.2) is 0 Å². The molecule has 1 aromatic rings. The Hall–Kier alpha value is -0.450. The molecule has 2 heterocycles. The minimum Gasteiger partial charge on any atom is -0.316 e. The SMILES string of the molecule is C(=C1CCNCC1)c1nncs1.Cl. The fraction of sp³-hybridized carbons (Fsp3) is 0.500. The van der Waals surface area contributed by atoms with Gasteiger partial charge in [0.05, 0.1) is 0 Å². The topological polar surface area (TPSA) is 37.8 Å². The molecule has 0 unspecified atom stereocenters. The number of halogens is 1. The maximum Gasteiger partial charge on any atom is 0.140 e. The Kier molecular flexibility index (Phi) is 4.35. The number of piperidine rings is 1. The van der Waals surface area contributed by atoms with Crippen LogP contribution >= 0.6 is 23.7 Å². The molecule has 3 nitrogen and oxygen atoms in total. The lowest BCUT2D eigenvalue weighted by Crippen LogP contribution is -2.22. The summed E-state index contributed by atoms with van der Waals surface area (Å²) in [5, 5.41) is 12.1. The van der Waals surface area contributed by atoms with Crippen molar-refractivity contribution >= 4 is 29.8 Å². The van der Waals surface area contributed by atoms with Crippen LogP contribution in [-0.4, -0.2) is 23.3 Å². The second kappa shape index (κ2) is 5.32. The third-order valence-corrected chi connectivity index (χ3v) is 2.59. The Balaban J connectivity index is 0.000000845. The molecule has 1 aliphatic heterocycles. The zero-order valence-electron chi connectivity index (χ0n) is 7.19. The van der Waals surface area contributed by atoms with Crippen molar-refractivity contribution in [3.05, 3.63) is 16.1 Å². The summed E-state index contributed by atoms with van der Waals surface area (Å²) in [7, 11) is 0. The summed E-state index contributed by atoms with van der Waals surface area (Å²) in [4.78, 5) is 0. The van der Waals surface area contributed by atoms with Gasteiger partial charge < -0.3 is 5.32 Å². The van der Waals surface area contributed by atoms with E-state index in [9.17, 15) is 0 Å². The Morgan fingerprint density at radius 3 is 2.77 bits per heavy atom. The van der Waals surface area contributed by atoms with Crippen LogP contribution in [0.1, 0.15) is 17.8 Å². The lowest BCUT2D eigenvalue weighted by molar-refractivity contribution is 0.613. The molecule has 1 aromatic heterocycles. The normalized spacial score (nSPS) is 16.5. The van der Waals surface area contributed by atoms with E-state index < -0.39 is 0 Å². The average molecular weight is 218 g/mol. The lowest BCUT2D eigenvalue weighted by atomic mass is 10.1. The van der Waals surface area contributed by atoms with E-state index in [1.165, 1.54) is 5.57 Å². The van der Waals surface area contributed by atoms with E-state index in [0.717, 1.165) is 30.9 Å². The van der Waals surface area contributed by atoms with Crippen molar-refractivity contribution in [2.45, 2.75) is 12.8 Å². The molecule has 0 amide bonds. The first-order chi connectivity index (χ1) is 5.95. The highest BCUT2D eigenvalue weighted by molar-refractivity contribution is 7.10. The summed E-state index contributed by atoms with van der Waals surface area (Å²) >= 11 is 1.60. The van der Waals surface area contributed by atoms with E-state index in [0.29, 0.717) is 0 Å². The largest absolute Gasteiger partial charge is 0.316 e. The van der Waals surface area contributed by atoms with Crippen LogP contribution in [0.3, 0.4) is 0 Å². The maximum absolute atomic E-state index is 3.98. The van der Waals surface area contributed by atoms with Crippen LogP contribution in [0.2, 0.25) is 0 Å². The molecule has 0 aliphatic carbocycles. The van der Waals surface area contributed by atoms with Crippen molar-refractivity contribution < 1.29 is 0 Å². The van der Waals surface area contributed by atoms with Crippen LogP contribution in [0, 0.1) is 0 Å². The smallest absolute Gasteiger partial charge is 0.140 e. The fourth-order valence-electron chi connectivity index (χ4n) is 1.31. The van der Waals surface area contributed by atoms with Crippen molar-refractivity contribution in [2.75, 3.05) is 13.1 Å². The highest BCUT2D eigenvalue weighted by Crippen LogP contribution is 2.15. The highest BCUT2D eigenvalue weighted by Gasteiger charge is 2.04. The first-order valence-corrected chi connectivity index (χ1v) is 4.99. The summed E-state index contributed by atoms with van der Waals surface area (Å²) < 4.78 is 0. The van der Waals surface area contributed by atoms with Gasteiger partial charge >= 0.3 is 0 Å². The van der Waals surface area contributed by atoms with Gasteiger partial charge in [0.2, 0.25) is 0 Å². The summed E-state index contributed by atoms with van der Waals surface area (Å²) in [6.07, 6.45) is 4.47. The highest BCUT2D eigenvalue weighted by atomic mass is 35.5. The van der Waals surface area contributed by atoms with Gasteiger partial charge in [-0.1, -0.05) is 5.57 Å². The number of nitrogens with one attached hydrogen (secondary N) is 1. The molecule has 0 radical (unpaired) electrons. The van der Waals surface area contributed by atoms with Crippen LogP contribution in [-0.2, 0) is 0 Å². The van der Waals surface area contributed by atoms with Gasteiger partial charge in [0.25, 0.3) is 0 Å². The van der Waals surface area contributed by atoms with Crippen molar-refractivity contribution in [1.82, 2.24) is 15.5 Å². The zero-order valence-corrected chi connectivity index (χ0v) is 8.83. The maximum atomic E-state index is 3.98. The van der Waals surface area contributed by atoms with Gasteiger partial charge in [-0.2, -0.15) is 0 Å². The number of hydrogen-bond acceptors (Lipinski definition) is 4. The van der Waals surface area contributed by atoms with E-state index in [2.05, 4.69) is 21.6 Å². The summed E-state index contributed by atoms with van der Waals surface area (Å²) in [5.74, 6) is 0. The molecule has 0 atom stereocenters. The minimum absolute atomic E-state index is 0. The van der Waals surface area contributed by atoms with Gasteiger partial charge in [0, 0.05) is 0 Å². The predicted octanol–water partition coefficient (Wildman–Crippen LogP) is 1.73. The molecular formula is C8H12ClN3S. The van der Waals surface area contributed by atoms with Crippen LogP contribution in [0.4, 0.5) is 0 Å². The van der Waals surface area contributed by atoms with E-state index in [-0.39, 0.29) is 12.4 Å². The standard InChI is InChI=1S/C8H11N3S.ClH/c1-3-9-4-2-7(1)5-8-11-10-6-12-8;/h5-6,9H,1-4H2;1H. The van der Waals surface area contributed by atoms with Gasteiger partial charge in [-0.3, -0.25) is 0 Å². The zero-order chi connectivity index (χ0) is 8.23. The molecule has 1 saturated heterocycles. The molecule has 0 aromatic carbocycles. The first-order valence-electron chi connectivity index (χ1n) is 4.11. The molecule has 0 saturated carbocycles. The van der Waals surface area contributed by atoms with Crippen LogP contribution < -0.4 is 5.32 Å². The molecular weight excluding hydrogens is 206 g/mol. The number of nitrogens with zero attached hydrogens (tertiary/aromatic N) is 2. The van der Waals surface area contributed by atoms with Crippen molar-refractivity contribution in [3.63, 3.8) is 0 Å². The molecule has 1 aliphatic rings. The Morgan fingerprint density at radius 2 is 2.15 bits per heavy atom. The number of hydrogen-bond donors (Lipinski definition) is 1. The van der Waals surface area contributed by atoms with Crippen molar-refractivity contribution in [2.24, 2.45) is 0 Å². The summed E-state index contributed by atoms with van der Waals surface area (Å²) in [6.45, 7) is 2.20. The molecule has 0 spiro atoms. The van der Waals surface area contributed by atoms with E-state index in [4.69, 9.17) is 0 Å². The Labute approximate surface area is 87.7 Å². The minimum atomic E-state index is 0. The van der Waals surface area contributed by atoms with Crippen molar-refractivity contribution in [3.8, 4) is 0 Å². The van der Waals surface area contributed by atoms with Gasteiger partial charge in [-0.05, 0) is 32.0 Å². The van der Waals surface area contributed by atoms with Crippen molar-refractivity contribution in [1.29, 1.82) is 0 Å². The molecule has 72 valence electrons. The van der Waals surface area contributed by atoms with Gasteiger partial charge in [0.1, 0.15) is 10.5 Å². The molecule has 1 fully saturated rings. The second-order valence-electron chi connectivity index (χ2n) is 2.83. The van der Waals surface area contributed by atoms with E-state index in [1.54, 1.807) is 16.8 Å². The second-order valence-corrected chi connectivity index (χ2v) is 3.69. The Morgan fingerprint density at radius 1 is 1.38 bits per heavy atom. The number of aromatic nitrogens is 2. The Bertz CT molecular complexity index is 263. The summed E-state index contributed by atoms with van der Waals surface area (Å²) in [5.41, 5.74) is 3.26. The van der Waals surface area contributed by atoms with Crippen LogP contribution in [0.5, 0.6) is 0 Å². The number of rotatable bonds is 1. The molecule has 5 heteroatoms. The third-order valence-electron chi connectivity index (χ3n) is 1.95. The average Bonchev–Trinajstić information content (AvgIpc) is 2.59. The van der Waals surface area contributed by atoms with Gasteiger partial charge in [0.15, 0.2) is 0 Å². The quantitative estimate of drug-likeness (QED) is 0.779. The fourth-order valence-corrected chi connectivity index (χ4v) is 1.84. The summed E-state index contributed by atoms with van der Waals surface area (Å²) in [6, 6.07) is 0. The molecule has 0 bridgehead atoms. The van der Waals surface area contributed by atoms with E-state index >= 15 is 0 Å². The lowest BCUT2D eigenvalue weighted by Gasteiger charge is -2.14. The third kappa shape index (κ3) is 3.06. The molecule has 2 rings (SSSR count). The molecule has 13 heavy (non-hydrogen) atoms.